The molecule has 1 fully saturated rings. The summed E-state index contributed by atoms with van der Waals surface area (Å²) >= 11 is 0. The van der Waals surface area contributed by atoms with E-state index in [1.807, 2.05) is 0 Å². The standard InChI is InChI=1S/C16H18F3NO3/c17-16(18,19)12-6-1-4-11(10-12)5-2-8-14(21)20-9-3-7-13(20)15(22)23/h1,4,6,10,13H,2-3,5,7-9H2,(H,22,23)/t13-/m0/s1. The van der Waals surface area contributed by atoms with Gasteiger partial charge in [-0.15, -0.1) is 0 Å². The Kier molecular flexibility index (Phi) is 5.28. The number of rotatable bonds is 5. The molecule has 1 saturated heterocycles. The topological polar surface area (TPSA) is 57.6 Å². The lowest BCUT2D eigenvalue weighted by Crippen LogP contribution is -2.40. The van der Waals surface area contributed by atoms with E-state index in [4.69, 9.17) is 5.11 Å². The van der Waals surface area contributed by atoms with Crippen molar-refractivity contribution in [3.05, 3.63) is 35.4 Å². The Balaban J connectivity index is 1.88. The van der Waals surface area contributed by atoms with Gasteiger partial charge in [0, 0.05) is 13.0 Å². The molecule has 1 N–H and O–H groups in total. The summed E-state index contributed by atoms with van der Waals surface area (Å²) in [4.78, 5) is 24.5. The van der Waals surface area contributed by atoms with Crippen molar-refractivity contribution in [3.63, 3.8) is 0 Å². The predicted molar refractivity (Wildman–Crippen MR) is 76.8 cm³/mol. The summed E-state index contributed by atoms with van der Waals surface area (Å²) in [6.45, 7) is 0.430. The van der Waals surface area contributed by atoms with Crippen molar-refractivity contribution < 1.29 is 27.9 Å². The van der Waals surface area contributed by atoms with Crippen molar-refractivity contribution in [1.29, 1.82) is 0 Å². The number of aryl methyl sites for hydroxylation is 1. The predicted octanol–water partition coefficient (Wildman–Crippen LogP) is 3.10. The minimum atomic E-state index is -4.38. The molecule has 1 heterocycles. The van der Waals surface area contributed by atoms with Crippen LogP contribution in [0.25, 0.3) is 0 Å². The summed E-state index contributed by atoms with van der Waals surface area (Å²) in [7, 11) is 0. The van der Waals surface area contributed by atoms with Crippen LogP contribution in [0.15, 0.2) is 24.3 Å². The van der Waals surface area contributed by atoms with Gasteiger partial charge in [0.05, 0.1) is 5.56 Å². The first kappa shape index (κ1) is 17.3. The van der Waals surface area contributed by atoms with E-state index in [9.17, 15) is 22.8 Å². The number of carboxylic acids is 1. The minimum Gasteiger partial charge on any atom is -0.480 e. The lowest BCUT2D eigenvalue weighted by Gasteiger charge is -2.21. The van der Waals surface area contributed by atoms with E-state index in [0.29, 0.717) is 37.8 Å². The van der Waals surface area contributed by atoms with Crippen molar-refractivity contribution >= 4 is 11.9 Å². The van der Waals surface area contributed by atoms with Gasteiger partial charge in [0.25, 0.3) is 0 Å². The molecular weight excluding hydrogens is 311 g/mol. The Hall–Kier alpha value is -2.05. The van der Waals surface area contributed by atoms with Gasteiger partial charge < -0.3 is 10.0 Å². The van der Waals surface area contributed by atoms with Crippen LogP contribution in [0.5, 0.6) is 0 Å². The van der Waals surface area contributed by atoms with Gasteiger partial charge in [0.15, 0.2) is 0 Å². The molecule has 1 aliphatic rings. The third kappa shape index (κ3) is 4.46. The quantitative estimate of drug-likeness (QED) is 0.903. The molecule has 1 aromatic rings. The molecule has 126 valence electrons. The van der Waals surface area contributed by atoms with E-state index in [2.05, 4.69) is 0 Å². The Morgan fingerprint density at radius 2 is 2.04 bits per heavy atom. The number of carbonyl (C=O) groups is 2. The summed E-state index contributed by atoms with van der Waals surface area (Å²) in [5.41, 5.74) is -0.185. The van der Waals surface area contributed by atoms with Gasteiger partial charge in [-0.25, -0.2) is 4.79 Å². The Morgan fingerprint density at radius 3 is 2.70 bits per heavy atom. The van der Waals surface area contributed by atoms with Gasteiger partial charge in [0.2, 0.25) is 5.91 Å². The minimum absolute atomic E-state index is 0.139. The number of carboxylic acid groups (broad SMARTS) is 1. The fourth-order valence-electron chi connectivity index (χ4n) is 2.81. The van der Waals surface area contributed by atoms with Crippen molar-refractivity contribution in [3.8, 4) is 0 Å². The highest BCUT2D eigenvalue weighted by atomic mass is 19.4. The number of nitrogens with zero attached hydrogens (tertiary/aromatic N) is 1. The molecule has 4 nitrogen and oxygen atoms in total. The largest absolute Gasteiger partial charge is 0.480 e. The molecule has 2 rings (SSSR count). The number of hydrogen-bond donors (Lipinski definition) is 1. The number of aliphatic carboxylic acids is 1. The fraction of sp³-hybridized carbons (Fsp3) is 0.500. The Bertz CT molecular complexity index is 586. The molecular formula is C16H18F3NO3. The number of benzene rings is 1. The maximum atomic E-state index is 12.6. The van der Waals surface area contributed by atoms with E-state index < -0.39 is 23.8 Å². The number of alkyl halides is 3. The molecule has 0 spiro atoms. The van der Waals surface area contributed by atoms with Crippen LogP contribution in [0, 0.1) is 0 Å². The van der Waals surface area contributed by atoms with Crippen LogP contribution in [0.3, 0.4) is 0 Å². The monoisotopic (exact) mass is 329 g/mol. The molecule has 0 bridgehead atoms. The maximum absolute atomic E-state index is 12.6. The molecule has 0 aromatic heterocycles. The first-order valence-corrected chi connectivity index (χ1v) is 7.47. The zero-order valence-electron chi connectivity index (χ0n) is 12.5. The highest BCUT2D eigenvalue weighted by molar-refractivity contribution is 5.84. The molecule has 23 heavy (non-hydrogen) atoms. The van der Waals surface area contributed by atoms with Gasteiger partial charge in [-0.1, -0.05) is 18.2 Å². The van der Waals surface area contributed by atoms with E-state index in [-0.39, 0.29) is 12.3 Å². The van der Waals surface area contributed by atoms with Crippen LogP contribution < -0.4 is 0 Å². The molecule has 0 aliphatic carbocycles. The number of hydrogen-bond acceptors (Lipinski definition) is 2. The molecule has 0 radical (unpaired) electrons. The van der Waals surface area contributed by atoms with E-state index >= 15 is 0 Å². The normalized spacial score (nSPS) is 18.2. The number of amides is 1. The van der Waals surface area contributed by atoms with Gasteiger partial charge in [0.1, 0.15) is 6.04 Å². The van der Waals surface area contributed by atoms with Crippen LogP contribution in [-0.2, 0) is 22.2 Å². The van der Waals surface area contributed by atoms with Crippen molar-refractivity contribution in [2.45, 2.75) is 44.3 Å². The first-order chi connectivity index (χ1) is 10.8. The summed E-state index contributed by atoms with van der Waals surface area (Å²) in [6, 6.07) is 4.27. The molecule has 7 heteroatoms. The highest BCUT2D eigenvalue weighted by Crippen LogP contribution is 2.29. The van der Waals surface area contributed by atoms with Crippen LogP contribution in [0.4, 0.5) is 13.2 Å². The van der Waals surface area contributed by atoms with Gasteiger partial charge in [-0.3, -0.25) is 4.79 Å². The van der Waals surface area contributed by atoms with Crippen molar-refractivity contribution in [2.24, 2.45) is 0 Å². The second kappa shape index (κ2) is 7.02. The average molecular weight is 329 g/mol. The van der Waals surface area contributed by atoms with Crippen LogP contribution in [0.2, 0.25) is 0 Å². The highest BCUT2D eigenvalue weighted by Gasteiger charge is 2.33. The zero-order valence-corrected chi connectivity index (χ0v) is 12.5. The molecule has 0 saturated carbocycles. The third-order valence-electron chi connectivity index (χ3n) is 3.97. The molecule has 1 atom stereocenters. The SMILES string of the molecule is O=C(O)[C@@H]1CCCN1C(=O)CCCc1cccc(C(F)(F)F)c1. The lowest BCUT2D eigenvalue weighted by molar-refractivity contribution is -0.148. The Morgan fingerprint density at radius 1 is 1.30 bits per heavy atom. The summed E-state index contributed by atoms with van der Waals surface area (Å²) in [5, 5.41) is 9.04. The first-order valence-electron chi connectivity index (χ1n) is 7.47. The zero-order chi connectivity index (χ0) is 17.0. The smallest absolute Gasteiger partial charge is 0.416 e. The van der Waals surface area contributed by atoms with Crippen LogP contribution >= 0.6 is 0 Å². The summed E-state index contributed by atoms with van der Waals surface area (Å²) in [6.07, 6.45) is -2.38. The lowest BCUT2D eigenvalue weighted by atomic mass is 10.0. The second-order valence-corrected chi connectivity index (χ2v) is 5.64. The molecule has 0 unspecified atom stereocenters. The fourth-order valence-corrected chi connectivity index (χ4v) is 2.81. The maximum Gasteiger partial charge on any atom is 0.416 e. The number of halogens is 3. The molecule has 1 aromatic carbocycles. The average Bonchev–Trinajstić information content (AvgIpc) is 2.96. The van der Waals surface area contributed by atoms with E-state index in [1.54, 1.807) is 6.07 Å². The van der Waals surface area contributed by atoms with Crippen molar-refractivity contribution in [2.75, 3.05) is 6.54 Å². The van der Waals surface area contributed by atoms with Gasteiger partial charge in [-0.2, -0.15) is 13.2 Å². The molecule has 1 amide bonds. The number of likely N-dealkylation sites (tertiary alicyclic amines) is 1. The van der Waals surface area contributed by atoms with Gasteiger partial charge >= 0.3 is 12.1 Å². The van der Waals surface area contributed by atoms with E-state index in [0.717, 1.165) is 12.1 Å². The van der Waals surface area contributed by atoms with Gasteiger partial charge in [-0.05, 0) is 37.3 Å². The van der Waals surface area contributed by atoms with Crippen molar-refractivity contribution in [1.82, 2.24) is 4.90 Å². The third-order valence-corrected chi connectivity index (χ3v) is 3.97. The number of carbonyl (C=O) groups excluding carboxylic acids is 1. The Labute approximate surface area is 131 Å². The van der Waals surface area contributed by atoms with Crippen LogP contribution in [-0.4, -0.2) is 34.5 Å². The van der Waals surface area contributed by atoms with E-state index in [1.165, 1.54) is 11.0 Å². The second-order valence-electron chi connectivity index (χ2n) is 5.64. The summed E-state index contributed by atoms with van der Waals surface area (Å²) in [5.74, 6) is -1.25. The summed E-state index contributed by atoms with van der Waals surface area (Å²) < 4.78 is 37.9. The van der Waals surface area contributed by atoms with Crippen LogP contribution in [0.1, 0.15) is 36.8 Å². The molecule has 1 aliphatic heterocycles.